The standard InChI is InChI=1S/C21H30N4O/c1-2-9-21(10-6-11-21)15-23-20(26)19(22)12-18-14-25(16-24-18)13-17-7-4-3-5-8-17/h3-5,7-8,14,16,19H,2,6,9-13,15,22H2,1H3,(H,23,26)/t19-/m0/s1. The summed E-state index contributed by atoms with van der Waals surface area (Å²) in [6, 6.07) is 9.70. The monoisotopic (exact) mass is 354 g/mol. The lowest BCUT2D eigenvalue weighted by Gasteiger charge is -2.42. The molecular formula is C21H30N4O. The van der Waals surface area contributed by atoms with Gasteiger partial charge in [0.2, 0.25) is 5.91 Å². The topological polar surface area (TPSA) is 72.9 Å². The number of carbonyl (C=O) groups excluding carboxylic acids is 1. The molecule has 3 rings (SSSR count). The number of nitrogens with one attached hydrogen (secondary N) is 1. The molecule has 0 saturated heterocycles. The number of hydrogen-bond acceptors (Lipinski definition) is 3. The van der Waals surface area contributed by atoms with Crippen LogP contribution in [0, 0.1) is 5.41 Å². The number of benzene rings is 1. The smallest absolute Gasteiger partial charge is 0.237 e. The van der Waals surface area contributed by atoms with Crippen LogP contribution in [0.25, 0.3) is 0 Å². The van der Waals surface area contributed by atoms with Crippen molar-refractivity contribution in [3.05, 3.63) is 54.1 Å². The fraction of sp³-hybridized carbons (Fsp3) is 0.524. The van der Waals surface area contributed by atoms with Crippen LogP contribution in [0.15, 0.2) is 42.9 Å². The average Bonchev–Trinajstić information content (AvgIpc) is 3.04. The highest BCUT2D eigenvalue weighted by Gasteiger charge is 2.36. The van der Waals surface area contributed by atoms with Crippen molar-refractivity contribution in [2.24, 2.45) is 11.1 Å². The highest BCUT2D eigenvalue weighted by atomic mass is 16.2. The van der Waals surface area contributed by atoms with Gasteiger partial charge in [0.05, 0.1) is 18.1 Å². The number of rotatable bonds is 9. The van der Waals surface area contributed by atoms with Crippen molar-refractivity contribution in [2.75, 3.05) is 6.54 Å². The van der Waals surface area contributed by atoms with Crippen molar-refractivity contribution in [1.82, 2.24) is 14.9 Å². The van der Waals surface area contributed by atoms with Crippen molar-refractivity contribution < 1.29 is 4.79 Å². The van der Waals surface area contributed by atoms with Crippen molar-refractivity contribution in [2.45, 2.75) is 58.0 Å². The lowest BCUT2D eigenvalue weighted by molar-refractivity contribution is -0.123. The molecule has 3 N–H and O–H groups in total. The van der Waals surface area contributed by atoms with E-state index < -0.39 is 6.04 Å². The molecule has 0 aliphatic heterocycles. The van der Waals surface area contributed by atoms with E-state index in [1.54, 1.807) is 6.33 Å². The molecule has 1 aromatic carbocycles. The summed E-state index contributed by atoms with van der Waals surface area (Å²) in [7, 11) is 0. The van der Waals surface area contributed by atoms with Crippen molar-refractivity contribution >= 4 is 5.91 Å². The largest absolute Gasteiger partial charge is 0.354 e. The zero-order chi connectivity index (χ0) is 18.4. The first-order chi connectivity index (χ1) is 12.6. The molecule has 1 fully saturated rings. The molecule has 1 atom stereocenters. The van der Waals surface area contributed by atoms with Gasteiger partial charge in [0.15, 0.2) is 0 Å². The van der Waals surface area contributed by atoms with E-state index in [-0.39, 0.29) is 5.91 Å². The van der Waals surface area contributed by atoms with Gasteiger partial charge in [0.1, 0.15) is 0 Å². The molecule has 0 radical (unpaired) electrons. The normalized spacial score (nSPS) is 16.7. The minimum absolute atomic E-state index is 0.0648. The summed E-state index contributed by atoms with van der Waals surface area (Å²) in [5, 5.41) is 3.08. The summed E-state index contributed by atoms with van der Waals surface area (Å²) in [6.45, 7) is 3.74. The van der Waals surface area contributed by atoms with Crippen LogP contribution in [-0.4, -0.2) is 28.0 Å². The maximum Gasteiger partial charge on any atom is 0.237 e. The van der Waals surface area contributed by atoms with Crippen LogP contribution in [0.4, 0.5) is 0 Å². The van der Waals surface area contributed by atoms with Crippen molar-refractivity contribution in [3.63, 3.8) is 0 Å². The van der Waals surface area contributed by atoms with Crippen molar-refractivity contribution in [1.29, 1.82) is 0 Å². The number of aromatic nitrogens is 2. The first kappa shape index (κ1) is 18.6. The molecule has 2 aromatic rings. The maximum absolute atomic E-state index is 12.4. The molecule has 140 valence electrons. The molecule has 5 heteroatoms. The third-order valence-corrected chi connectivity index (χ3v) is 5.49. The quantitative estimate of drug-likeness (QED) is 0.727. The average molecular weight is 354 g/mol. The molecule has 0 unspecified atom stereocenters. The molecule has 1 saturated carbocycles. The number of nitrogens with two attached hydrogens (primary N) is 1. The molecule has 1 aliphatic rings. The van der Waals surface area contributed by atoms with Gasteiger partial charge in [-0.25, -0.2) is 4.98 Å². The fourth-order valence-corrected chi connectivity index (χ4v) is 3.84. The zero-order valence-corrected chi connectivity index (χ0v) is 15.7. The lowest BCUT2D eigenvalue weighted by Crippen LogP contribution is -2.48. The summed E-state index contributed by atoms with van der Waals surface area (Å²) >= 11 is 0. The van der Waals surface area contributed by atoms with E-state index in [9.17, 15) is 4.79 Å². The Bertz CT molecular complexity index is 706. The first-order valence-electron chi connectivity index (χ1n) is 9.68. The van der Waals surface area contributed by atoms with E-state index in [2.05, 4.69) is 29.4 Å². The summed E-state index contributed by atoms with van der Waals surface area (Å²) in [5.41, 5.74) is 8.51. The highest BCUT2D eigenvalue weighted by Crippen LogP contribution is 2.44. The Hall–Kier alpha value is -2.14. The SMILES string of the molecule is CCCC1(CNC(=O)[C@@H](N)Cc2cn(Cc3ccccc3)cn2)CCC1. The van der Waals surface area contributed by atoms with Crippen molar-refractivity contribution in [3.8, 4) is 0 Å². The maximum atomic E-state index is 12.4. The van der Waals surface area contributed by atoms with Gasteiger partial charge < -0.3 is 15.6 Å². The minimum atomic E-state index is -0.547. The van der Waals surface area contributed by atoms with E-state index in [0.717, 1.165) is 18.8 Å². The van der Waals surface area contributed by atoms with E-state index >= 15 is 0 Å². The molecule has 1 aromatic heterocycles. The van der Waals surface area contributed by atoms with Gasteiger partial charge in [0.25, 0.3) is 0 Å². The summed E-state index contributed by atoms with van der Waals surface area (Å²) in [6.07, 6.45) is 10.3. The van der Waals surface area contributed by atoms with Crippen LogP contribution in [0.1, 0.15) is 50.3 Å². The Morgan fingerprint density at radius 2 is 2.12 bits per heavy atom. The van der Waals surface area contributed by atoms with E-state index in [0.29, 0.717) is 11.8 Å². The van der Waals surface area contributed by atoms with Gasteiger partial charge >= 0.3 is 0 Å². The molecular weight excluding hydrogens is 324 g/mol. The van der Waals surface area contributed by atoms with Gasteiger partial charge in [-0.15, -0.1) is 0 Å². The second-order valence-corrected chi connectivity index (χ2v) is 7.65. The van der Waals surface area contributed by atoms with E-state index in [1.807, 2.05) is 29.0 Å². The van der Waals surface area contributed by atoms with Crippen LogP contribution >= 0.6 is 0 Å². The van der Waals surface area contributed by atoms with Gasteiger partial charge in [-0.05, 0) is 30.2 Å². The van der Waals surface area contributed by atoms with E-state index in [1.165, 1.54) is 37.7 Å². The van der Waals surface area contributed by atoms with Crippen LogP contribution < -0.4 is 11.1 Å². The second-order valence-electron chi connectivity index (χ2n) is 7.65. The number of carbonyl (C=O) groups is 1. The minimum Gasteiger partial charge on any atom is -0.354 e. The summed E-state index contributed by atoms with van der Waals surface area (Å²) in [5.74, 6) is -0.0648. The van der Waals surface area contributed by atoms with Crippen LogP contribution in [-0.2, 0) is 17.8 Å². The molecule has 0 spiro atoms. The zero-order valence-electron chi connectivity index (χ0n) is 15.7. The second kappa shape index (κ2) is 8.49. The van der Waals surface area contributed by atoms with Gasteiger partial charge in [0, 0.05) is 25.7 Å². The summed E-state index contributed by atoms with van der Waals surface area (Å²) in [4.78, 5) is 16.8. The Kier molecular flexibility index (Phi) is 6.09. The molecule has 1 aliphatic carbocycles. The molecule has 0 bridgehead atoms. The molecule has 26 heavy (non-hydrogen) atoms. The Labute approximate surface area is 156 Å². The van der Waals surface area contributed by atoms with Gasteiger partial charge in [-0.1, -0.05) is 50.1 Å². The van der Waals surface area contributed by atoms with E-state index in [4.69, 9.17) is 5.73 Å². The molecule has 5 nitrogen and oxygen atoms in total. The van der Waals surface area contributed by atoms with Gasteiger partial charge in [-0.2, -0.15) is 0 Å². The number of nitrogens with zero attached hydrogens (tertiary/aromatic N) is 2. The highest BCUT2D eigenvalue weighted by molar-refractivity contribution is 5.81. The summed E-state index contributed by atoms with van der Waals surface area (Å²) < 4.78 is 2.03. The predicted octanol–water partition coefficient (Wildman–Crippen LogP) is 2.89. The Morgan fingerprint density at radius 3 is 2.77 bits per heavy atom. The third-order valence-electron chi connectivity index (χ3n) is 5.49. The van der Waals surface area contributed by atoms with Crippen LogP contribution in [0.5, 0.6) is 0 Å². The van der Waals surface area contributed by atoms with Crippen LogP contribution in [0.3, 0.4) is 0 Å². The molecule has 1 amide bonds. The fourth-order valence-electron chi connectivity index (χ4n) is 3.84. The number of amides is 1. The van der Waals surface area contributed by atoms with Gasteiger partial charge in [-0.3, -0.25) is 4.79 Å². The number of hydrogen-bond donors (Lipinski definition) is 2. The number of imidazole rings is 1. The first-order valence-corrected chi connectivity index (χ1v) is 9.68. The molecule has 1 heterocycles. The third kappa shape index (κ3) is 4.73. The predicted molar refractivity (Wildman–Crippen MR) is 104 cm³/mol. The Balaban J connectivity index is 1.48. The van der Waals surface area contributed by atoms with Crippen LogP contribution in [0.2, 0.25) is 0 Å². The Morgan fingerprint density at radius 1 is 1.35 bits per heavy atom. The lowest BCUT2D eigenvalue weighted by atomic mass is 9.66.